The molecule has 5 nitrogen and oxygen atoms in total. The smallest absolute Gasteiger partial charge is 0.185 e. The number of anilines is 3. The van der Waals surface area contributed by atoms with Gasteiger partial charge in [0.15, 0.2) is 12.0 Å². The number of benzene rings is 6. The van der Waals surface area contributed by atoms with E-state index in [1.54, 1.807) is 6.07 Å². The molecule has 1 aliphatic rings. The van der Waals surface area contributed by atoms with E-state index in [0.717, 1.165) is 63.2 Å². The number of hydrogen-bond acceptors (Lipinski definition) is 7. The first-order valence-corrected chi connectivity index (χ1v) is 24.8. The number of rotatable bonds is 18. The summed E-state index contributed by atoms with van der Waals surface area (Å²) in [6.45, 7) is 4.55. The van der Waals surface area contributed by atoms with Gasteiger partial charge in [0.2, 0.25) is 0 Å². The molecule has 10 rings (SSSR count). The molecule has 1 aliphatic carbocycles. The van der Waals surface area contributed by atoms with Crippen molar-refractivity contribution in [3.63, 3.8) is 0 Å². The maximum Gasteiger partial charge on any atom is 0.185 e. The molecule has 0 saturated heterocycles. The molecule has 0 fully saturated rings. The van der Waals surface area contributed by atoms with Gasteiger partial charge in [-0.25, -0.2) is 0 Å². The lowest BCUT2D eigenvalue weighted by atomic mass is 9.67. The molecule has 0 amide bonds. The second kappa shape index (κ2) is 19.0. The Kier molecular flexibility index (Phi) is 12.4. The summed E-state index contributed by atoms with van der Waals surface area (Å²) >= 11 is 3.04. The van der Waals surface area contributed by atoms with Gasteiger partial charge in [-0.1, -0.05) is 149 Å². The molecule has 0 radical (unpaired) electrons. The lowest BCUT2D eigenvalue weighted by molar-refractivity contribution is 0.110. The topological polar surface area (TPSA) is 59.2 Å². The van der Waals surface area contributed by atoms with Crippen LogP contribution in [0.5, 0.6) is 0 Å². The van der Waals surface area contributed by atoms with Crippen LogP contribution in [0, 0.1) is 0 Å². The van der Waals surface area contributed by atoms with Crippen LogP contribution >= 0.6 is 23.1 Å². The van der Waals surface area contributed by atoms with E-state index < -0.39 is 5.41 Å². The molecule has 0 spiro atoms. The van der Waals surface area contributed by atoms with Crippen molar-refractivity contribution in [3.8, 4) is 32.2 Å². The summed E-state index contributed by atoms with van der Waals surface area (Å²) in [5, 5.41) is 0. The molecule has 0 bridgehead atoms. The molecular weight excluding hydrogens is 835 g/mol. The Balaban J connectivity index is 1.19. The Morgan fingerprint density at radius 2 is 1.12 bits per heavy atom. The average molecular weight is 888 g/mol. The number of thiophene rings is 1. The molecule has 0 unspecified atom stereocenters. The molecule has 7 heteroatoms. The van der Waals surface area contributed by atoms with Crippen LogP contribution in [-0.2, 0) is 18.3 Å². The van der Waals surface area contributed by atoms with E-state index in [9.17, 15) is 4.79 Å². The summed E-state index contributed by atoms with van der Waals surface area (Å²) in [6.07, 6.45) is 12.8. The fourth-order valence-electron chi connectivity index (χ4n) is 9.90. The first kappa shape index (κ1) is 42.5. The first-order valence-electron chi connectivity index (χ1n) is 23.3. The van der Waals surface area contributed by atoms with E-state index in [0.29, 0.717) is 5.76 Å². The normalized spacial score (nSPS) is 12.6. The fraction of sp³-hybridized carbons (Fsp3) is 0.224. The number of aryl methyl sites for hydroxylation is 2. The number of hydrogen-bond donors (Lipinski definition) is 0. The highest BCUT2D eigenvalue weighted by Gasteiger charge is 2.48. The molecule has 6 aromatic carbocycles. The lowest BCUT2D eigenvalue weighted by Gasteiger charge is -2.35. The monoisotopic (exact) mass is 887 g/mol. The Morgan fingerprint density at radius 3 is 1.69 bits per heavy atom. The molecular formula is C58H53N3O2S2. The number of carbonyl (C=O) groups is 1. The predicted octanol–water partition coefficient (Wildman–Crippen LogP) is 16.6. The van der Waals surface area contributed by atoms with Gasteiger partial charge >= 0.3 is 0 Å². The van der Waals surface area contributed by atoms with Crippen LogP contribution < -0.4 is 4.90 Å². The van der Waals surface area contributed by atoms with Crippen molar-refractivity contribution in [3.05, 3.63) is 197 Å². The maximum absolute atomic E-state index is 11.5. The number of fused-ring (bicyclic) bond motifs is 4. The third kappa shape index (κ3) is 8.06. The molecule has 65 heavy (non-hydrogen) atoms. The van der Waals surface area contributed by atoms with Crippen molar-refractivity contribution in [1.29, 1.82) is 0 Å². The van der Waals surface area contributed by atoms with Gasteiger partial charge in [0.25, 0.3) is 0 Å². The first-order chi connectivity index (χ1) is 32.1. The van der Waals surface area contributed by atoms with Crippen molar-refractivity contribution < 1.29 is 9.21 Å². The summed E-state index contributed by atoms with van der Waals surface area (Å²) in [4.78, 5) is 16.3. The standard InChI is InChI=1S/C58H53N3O2S2/c1-3-5-7-11-17-40-23-27-42(28-24-40)58(43-29-25-41(26-30-43)18-12-8-6-4-2)51-37-46(61(44-19-13-9-14-20-44)45-21-15-10-16-22-45)31-33-48(51)57-52(58)38-54(64-57)50-35-34-49(55-56(50)60-65-59-55)53-36-32-47(39-62)63-53/h9-10,13-16,19-39H,3-8,11-12,17-18H2,1-2H3. The van der Waals surface area contributed by atoms with Crippen molar-refractivity contribution in [1.82, 2.24) is 8.75 Å². The quantitative estimate of drug-likeness (QED) is 0.0634. The molecule has 9 aromatic rings. The Morgan fingerprint density at radius 1 is 0.554 bits per heavy atom. The van der Waals surface area contributed by atoms with Crippen molar-refractivity contribution >= 4 is 57.4 Å². The van der Waals surface area contributed by atoms with E-state index in [-0.39, 0.29) is 5.76 Å². The summed E-state index contributed by atoms with van der Waals surface area (Å²) in [5.74, 6) is 0.898. The zero-order valence-corrected chi connectivity index (χ0v) is 38.8. The largest absolute Gasteiger partial charge is 0.453 e. The molecule has 324 valence electrons. The number of carbonyl (C=O) groups excluding carboxylic acids is 1. The van der Waals surface area contributed by atoms with E-state index >= 15 is 0 Å². The van der Waals surface area contributed by atoms with Crippen LogP contribution in [0.3, 0.4) is 0 Å². The predicted molar refractivity (Wildman–Crippen MR) is 271 cm³/mol. The minimum atomic E-state index is -0.616. The third-order valence-corrected chi connectivity index (χ3v) is 14.9. The minimum Gasteiger partial charge on any atom is -0.453 e. The Labute approximate surface area is 390 Å². The van der Waals surface area contributed by atoms with Gasteiger partial charge in [-0.2, -0.15) is 8.75 Å². The SMILES string of the molecule is CCCCCCc1ccc(C2(c3ccc(CCCCCC)cc3)c3cc(N(c4ccccc4)c4ccccc4)ccc3-c3sc(-c4ccc(-c5ccc(C=O)o5)c5nsnc45)cc32)cc1. The van der Waals surface area contributed by atoms with Crippen molar-refractivity contribution in [2.24, 2.45) is 0 Å². The highest BCUT2D eigenvalue weighted by Crippen LogP contribution is 2.61. The van der Waals surface area contributed by atoms with E-state index in [1.165, 1.54) is 107 Å². The second-order valence-electron chi connectivity index (χ2n) is 17.3. The zero-order chi connectivity index (χ0) is 44.2. The highest BCUT2D eigenvalue weighted by atomic mass is 32.1. The number of unbranched alkanes of at least 4 members (excludes halogenated alkanes) is 6. The molecule has 3 heterocycles. The zero-order valence-electron chi connectivity index (χ0n) is 37.1. The van der Waals surface area contributed by atoms with Gasteiger partial charge < -0.3 is 9.32 Å². The average Bonchev–Trinajstić information content (AvgIpc) is 4.18. The third-order valence-electron chi connectivity index (χ3n) is 13.2. The minimum absolute atomic E-state index is 0.290. The second-order valence-corrected chi connectivity index (χ2v) is 18.9. The number of nitrogens with zero attached hydrogens (tertiary/aromatic N) is 3. The van der Waals surface area contributed by atoms with Crippen LogP contribution in [0.1, 0.15) is 109 Å². The van der Waals surface area contributed by atoms with Gasteiger partial charge in [0.1, 0.15) is 16.8 Å². The number of furan rings is 1. The molecule has 0 saturated carbocycles. The van der Waals surface area contributed by atoms with Gasteiger partial charge in [0.05, 0.1) is 17.1 Å². The van der Waals surface area contributed by atoms with Crippen LogP contribution in [0.25, 0.3) is 43.2 Å². The van der Waals surface area contributed by atoms with Crippen LogP contribution in [-0.4, -0.2) is 15.0 Å². The van der Waals surface area contributed by atoms with Crippen LogP contribution in [0.15, 0.2) is 162 Å². The molecule has 0 N–H and O–H groups in total. The Bertz CT molecular complexity index is 2940. The van der Waals surface area contributed by atoms with Gasteiger partial charge in [-0.3, -0.25) is 4.79 Å². The van der Waals surface area contributed by atoms with Crippen molar-refractivity contribution in [2.45, 2.75) is 83.5 Å². The number of aldehydes is 1. The van der Waals surface area contributed by atoms with Crippen molar-refractivity contribution in [2.75, 3.05) is 4.90 Å². The van der Waals surface area contributed by atoms with E-state index in [1.807, 2.05) is 17.4 Å². The van der Waals surface area contributed by atoms with Crippen LogP contribution in [0.2, 0.25) is 0 Å². The van der Waals surface area contributed by atoms with Gasteiger partial charge in [-0.05, 0) is 125 Å². The van der Waals surface area contributed by atoms with Gasteiger partial charge in [0, 0.05) is 37.9 Å². The summed E-state index contributed by atoms with van der Waals surface area (Å²) in [6, 6.07) is 57.9. The molecule has 0 aliphatic heterocycles. The summed E-state index contributed by atoms with van der Waals surface area (Å²) in [5.41, 5.74) is 15.3. The summed E-state index contributed by atoms with van der Waals surface area (Å²) in [7, 11) is 0. The maximum atomic E-state index is 11.5. The Hall–Kier alpha value is -6.41. The van der Waals surface area contributed by atoms with Gasteiger partial charge in [-0.15, -0.1) is 11.3 Å². The number of para-hydroxylation sites is 2. The highest BCUT2D eigenvalue weighted by molar-refractivity contribution is 7.19. The van der Waals surface area contributed by atoms with E-state index in [2.05, 4.69) is 164 Å². The summed E-state index contributed by atoms with van der Waals surface area (Å²) < 4.78 is 15.6. The molecule has 0 atom stereocenters. The lowest BCUT2D eigenvalue weighted by Crippen LogP contribution is -2.28. The van der Waals surface area contributed by atoms with Crippen LogP contribution in [0.4, 0.5) is 17.1 Å². The number of aromatic nitrogens is 2. The molecule has 3 aromatic heterocycles. The fourth-order valence-corrected chi connectivity index (χ4v) is 11.8. The van der Waals surface area contributed by atoms with E-state index in [4.69, 9.17) is 13.2 Å².